The number of hydrogen-bond acceptors (Lipinski definition) is 3. The normalized spacial score (nSPS) is 11.5. The van der Waals surface area contributed by atoms with E-state index >= 15 is 0 Å². The van der Waals surface area contributed by atoms with Crippen LogP contribution in [-0.4, -0.2) is 17.3 Å². The van der Waals surface area contributed by atoms with Crippen molar-refractivity contribution in [1.29, 1.82) is 0 Å². The van der Waals surface area contributed by atoms with E-state index in [-0.39, 0.29) is 11.3 Å². The number of pyridine rings is 1. The molecule has 0 spiro atoms. The quantitative estimate of drug-likeness (QED) is 0.706. The van der Waals surface area contributed by atoms with E-state index in [4.69, 9.17) is 5.73 Å². The number of carbonyl (C=O) groups excluding carboxylic acids is 2. The predicted octanol–water partition coefficient (Wildman–Crippen LogP) is 0.591. The molecule has 0 aliphatic rings. The molecular formula is C10H10N3O2. The van der Waals surface area contributed by atoms with Gasteiger partial charge >= 0.3 is 6.03 Å². The molecule has 3 N–H and O–H groups in total. The Bertz CT molecular complexity index is 398. The third-order valence-electron chi connectivity index (χ3n) is 1.70. The van der Waals surface area contributed by atoms with Gasteiger partial charge in [-0.15, -0.1) is 0 Å². The van der Waals surface area contributed by atoms with Crippen molar-refractivity contribution >= 4 is 18.0 Å². The highest BCUT2D eigenvalue weighted by Crippen LogP contribution is 2.11. The maximum Gasteiger partial charge on any atom is 0.316 e. The maximum absolute atomic E-state index is 10.7. The third-order valence-corrected chi connectivity index (χ3v) is 1.70. The van der Waals surface area contributed by atoms with E-state index in [1.54, 1.807) is 30.7 Å². The van der Waals surface area contributed by atoms with Crippen LogP contribution in [0.5, 0.6) is 0 Å². The van der Waals surface area contributed by atoms with E-state index in [9.17, 15) is 9.59 Å². The van der Waals surface area contributed by atoms with Gasteiger partial charge in [0.05, 0.1) is 11.4 Å². The Morgan fingerprint density at radius 2 is 2.27 bits per heavy atom. The average Bonchev–Trinajstić information content (AvgIpc) is 2.26. The zero-order chi connectivity index (χ0) is 11.3. The van der Waals surface area contributed by atoms with Gasteiger partial charge in [-0.2, -0.15) is 0 Å². The lowest BCUT2D eigenvalue weighted by molar-refractivity contribution is 0.252. The van der Waals surface area contributed by atoms with Gasteiger partial charge in [-0.25, -0.2) is 4.79 Å². The summed E-state index contributed by atoms with van der Waals surface area (Å²) in [5.41, 5.74) is 5.97. The summed E-state index contributed by atoms with van der Waals surface area (Å²) in [5, 5.41) is 2.34. The molecule has 15 heavy (non-hydrogen) atoms. The van der Waals surface area contributed by atoms with Crippen LogP contribution in [0.25, 0.3) is 5.70 Å². The molecule has 0 bridgehead atoms. The van der Waals surface area contributed by atoms with E-state index in [0.717, 1.165) is 0 Å². The number of urea groups is 1. The number of carbonyl (C=O) groups is 1. The van der Waals surface area contributed by atoms with Crippen molar-refractivity contribution in [2.24, 2.45) is 5.73 Å². The van der Waals surface area contributed by atoms with Crippen LogP contribution < -0.4 is 11.1 Å². The number of rotatable bonds is 3. The Hall–Kier alpha value is -2.17. The highest BCUT2D eigenvalue weighted by molar-refractivity contribution is 5.92. The first-order valence-corrected chi connectivity index (χ1v) is 4.22. The minimum absolute atomic E-state index is 0.243. The number of nitrogens with two attached hydrogens (primary N) is 1. The van der Waals surface area contributed by atoms with Crippen molar-refractivity contribution in [2.45, 2.75) is 6.92 Å². The molecule has 1 heterocycles. The van der Waals surface area contributed by atoms with E-state index in [1.165, 1.54) is 6.92 Å². The van der Waals surface area contributed by atoms with Gasteiger partial charge in [-0.3, -0.25) is 9.78 Å². The predicted molar refractivity (Wildman–Crippen MR) is 55.2 cm³/mol. The number of aromatic nitrogens is 1. The zero-order valence-electron chi connectivity index (χ0n) is 8.15. The van der Waals surface area contributed by atoms with Crippen LogP contribution in [0.1, 0.15) is 12.6 Å². The topological polar surface area (TPSA) is 85.1 Å². The lowest BCUT2D eigenvalue weighted by atomic mass is 10.2. The van der Waals surface area contributed by atoms with Crippen molar-refractivity contribution < 1.29 is 9.59 Å². The first-order chi connectivity index (χ1) is 7.15. The SMILES string of the molecule is C/C([C]=O)=C(\NC(N)=O)c1ccccn1. The summed E-state index contributed by atoms with van der Waals surface area (Å²) in [6.07, 6.45) is 3.24. The molecular weight excluding hydrogens is 194 g/mol. The second-order valence-corrected chi connectivity index (χ2v) is 2.81. The molecule has 0 aliphatic heterocycles. The Labute approximate surface area is 87.0 Å². The van der Waals surface area contributed by atoms with Gasteiger partial charge in [0.15, 0.2) is 0 Å². The molecule has 0 fully saturated rings. The van der Waals surface area contributed by atoms with Crippen LogP contribution in [0.3, 0.4) is 0 Å². The van der Waals surface area contributed by atoms with Gasteiger partial charge in [0, 0.05) is 11.8 Å². The molecule has 0 aromatic carbocycles. The molecule has 5 heteroatoms. The molecule has 1 aromatic heterocycles. The minimum Gasteiger partial charge on any atom is -0.351 e. The highest BCUT2D eigenvalue weighted by atomic mass is 16.2. The summed E-state index contributed by atoms with van der Waals surface area (Å²) in [7, 11) is 0. The summed E-state index contributed by atoms with van der Waals surface area (Å²) < 4.78 is 0. The van der Waals surface area contributed by atoms with Gasteiger partial charge < -0.3 is 11.1 Å². The van der Waals surface area contributed by atoms with Gasteiger partial charge in [-0.1, -0.05) is 6.07 Å². The monoisotopic (exact) mass is 204 g/mol. The van der Waals surface area contributed by atoms with Crippen molar-refractivity contribution in [3.63, 3.8) is 0 Å². The molecule has 5 nitrogen and oxygen atoms in total. The second-order valence-electron chi connectivity index (χ2n) is 2.81. The number of amides is 2. The maximum atomic E-state index is 10.7. The molecule has 2 amide bonds. The highest BCUT2D eigenvalue weighted by Gasteiger charge is 2.08. The summed E-state index contributed by atoms with van der Waals surface area (Å²) in [5.74, 6) is 0. The van der Waals surface area contributed by atoms with Crippen LogP contribution in [-0.2, 0) is 4.79 Å². The Kier molecular flexibility index (Phi) is 3.56. The summed E-state index contributed by atoms with van der Waals surface area (Å²) in [6, 6.07) is 4.38. The number of hydrogen-bond donors (Lipinski definition) is 2. The smallest absolute Gasteiger partial charge is 0.316 e. The van der Waals surface area contributed by atoms with Gasteiger partial charge in [0.25, 0.3) is 0 Å². The Morgan fingerprint density at radius 1 is 1.53 bits per heavy atom. The molecule has 0 unspecified atom stereocenters. The van der Waals surface area contributed by atoms with E-state index in [0.29, 0.717) is 5.69 Å². The lowest BCUT2D eigenvalue weighted by Gasteiger charge is -2.07. The number of nitrogens with one attached hydrogen (secondary N) is 1. The van der Waals surface area contributed by atoms with Crippen LogP contribution in [0.15, 0.2) is 30.0 Å². The number of allylic oxidation sites excluding steroid dienone is 1. The summed E-state index contributed by atoms with van der Waals surface area (Å²) in [6.45, 7) is 1.52. The van der Waals surface area contributed by atoms with Crippen molar-refractivity contribution in [3.05, 3.63) is 35.7 Å². The number of primary amides is 1. The van der Waals surface area contributed by atoms with Crippen LogP contribution in [0, 0.1) is 0 Å². The molecule has 1 radical (unpaired) electrons. The van der Waals surface area contributed by atoms with Gasteiger partial charge in [-0.05, 0) is 19.1 Å². The zero-order valence-corrected chi connectivity index (χ0v) is 8.15. The van der Waals surface area contributed by atoms with Crippen LogP contribution in [0.4, 0.5) is 4.79 Å². The fourth-order valence-corrected chi connectivity index (χ4v) is 1.03. The summed E-state index contributed by atoms with van der Waals surface area (Å²) >= 11 is 0. The molecule has 1 aromatic rings. The third kappa shape index (κ3) is 2.91. The molecule has 77 valence electrons. The molecule has 0 atom stereocenters. The van der Waals surface area contributed by atoms with Crippen molar-refractivity contribution in [3.8, 4) is 0 Å². The van der Waals surface area contributed by atoms with Crippen molar-refractivity contribution in [1.82, 2.24) is 10.3 Å². The molecule has 1 rings (SSSR count). The fourth-order valence-electron chi connectivity index (χ4n) is 1.03. The fraction of sp³-hybridized carbons (Fsp3) is 0.100. The van der Waals surface area contributed by atoms with Gasteiger partial charge in [0.1, 0.15) is 0 Å². The Morgan fingerprint density at radius 3 is 2.73 bits per heavy atom. The molecule has 0 saturated carbocycles. The standard InChI is InChI=1S/C10H10N3O2/c1-7(6-14)9(13-10(11)15)8-4-2-3-5-12-8/h2-5H,1H3,(H3,11,13,15)/b9-7+. The van der Waals surface area contributed by atoms with E-state index < -0.39 is 6.03 Å². The summed E-state index contributed by atoms with van der Waals surface area (Å²) in [4.78, 5) is 25.2. The van der Waals surface area contributed by atoms with Crippen LogP contribution >= 0.6 is 0 Å². The second kappa shape index (κ2) is 4.90. The number of nitrogens with zero attached hydrogens (tertiary/aromatic N) is 1. The van der Waals surface area contributed by atoms with E-state index in [1.807, 2.05) is 0 Å². The largest absolute Gasteiger partial charge is 0.351 e. The van der Waals surface area contributed by atoms with Crippen LogP contribution in [0.2, 0.25) is 0 Å². The minimum atomic E-state index is -0.745. The molecule has 0 aliphatic carbocycles. The molecule has 0 saturated heterocycles. The van der Waals surface area contributed by atoms with Crippen molar-refractivity contribution in [2.75, 3.05) is 0 Å². The Balaban J connectivity index is 3.13. The first kappa shape index (κ1) is 10.9. The van der Waals surface area contributed by atoms with E-state index in [2.05, 4.69) is 10.3 Å². The first-order valence-electron chi connectivity index (χ1n) is 4.22. The average molecular weight is 204 g/mol. The lowest BCUT2D eigenvalue weighted by Crippen LogP contribution is -2.29. The van der Waals surface area contributed by atoms with Gasteiger partial charge in [0.2, 0.25) is 6.29 Å².